The molecule has 0 aliphatic rings. The van der Waals surface area contributed by atoms with Crippen molar-refractivity contribution in [2.45, 2.75) is 18.1 Å². The second-order valence-electron chi connectivity index (χ2n) is 7.89. The van der Waals surface area contributed by atoms with Gasteiger partial charge in [0, 0.05) is 47.0 Å². The molecular formula is C26H28ClN2NaO3S2. The third-order valence-corrected chi connectivity index (χ3v) is 7.86. The van der Waals surface area contributed by atoms with Crippen LogP contribution < -0.4 is 29.6 Å². The molecule has 0 fully saturated rings. The number of hydrogen-bond acceptors (Lipinski definition) is 5. The summed E-state index contributed by atoms with van der Waals surface area (Å²) in [5, 5.41) is 11.6. The Morgan fingerprint density at radius 1 is 1.14 bits per heavy atom. The summed E-state index contributed by atoms with van der Waals surface area (Å²) in [5.41, 5.74) is 3.61. The van der Waals surface area contributed by atoms with Crippen LogP contribution in [-0.4, -0.2) is 51.8 Å². The second kappa shape index (κ2) is 14.9. The molecule has 1 heterocycles. The minimum Gasteiger partial charge on any atom is -1.00 e. The van der Waals surface area contributed by atoms with Gasteiger partial charge in [-0.25, -0.2) is 4.98 Å². The first-order chi connectivity index (χ1) is 16.3. The summed E-state index contributed by atoms with van der Waals surface area (Å²) < 4.78 is 0. The molecule has 180 valence electrons. The van der Waals surface area contributed by atoms with Gasteiger partial charge in [-0.15, -0.1) is 11.8 Å². The van der Waals surface area contributed by atoms with Gasteiger partial charge in [-0.05, 0) is 35.4 Å². The fourth-order valence-corrected chi connectivity index (χ4v) is 5.85. The van der Waals surface area contributed by atoms with Crippen LogP contribution in [0.2, 0.25) is 5.02 Å². The average molecular weight is 539 g/mol. The topological polar surface area (TPSA) is 70.5 Å². The standard InChI is InChI=1S/C26H27ClN2O3S2.Na.H/c1-29(2)25(30)12-13-33-17-34-24(16-26(31)32)20-5-3-4-18(14-20)6-10-22-11-8-19-7-9-21(27)15-23(19)28-22;;/h3-11,14-15,24H,12-13,16-17H2,1-2H3,(H,31,32);;/q;+1;-1. The molecule has 0 bridgehead atoms. The Morgan fingerprint density at radius 2 is 1.91 bits per heavy atom. The van der Waals surface area contributed by atoms with E-state index in [0.29, 0.717) is 11.4 Å². The maximum Gasteiger partial charge on any atom is 1.00 e. The number of carbonyl (C=O) groups excluding carboxylic acids is 1. The van der Waals surface area contributed by atoms with Crippen LogP contribution in [0.4, 0.5) is 0 Å². The molecule has 1 atom stereocenters. The minimum absolute atomic E-state index is 0. The number of halogens is 1. The van der Waals surface area contributed by atoms with Gasteiger partial charge in [0.25, 0.3) is 0 Å². The molecule has 35 heavy (non-hydrogen) atoms. The number of carbonyl (C=O) groups is 2. The molecule has 0 spiro atoms. The van der Waals surface area contributed by atoms with Crippen molar-refractivity contribution in [2.24, 2.45) is 0 Å². The van der Waals surface area contributed by atoms with Crippen LogP contribution >= 0.6 is 35.1 Å². The van der Waals surface area contributed by atoms with Crippen molar-refractivity contribution in [2.75, 3.05) is 24.9 Å². The molecule has 3 rings (SSSR count). The Hall–Kier alpha value is -1.48. The summed E-state index contributed by atoms with van der Waals surface area (Å²) >= 11 is 9.34. The quantitative estimate of drug-likeness (QED) is 0.228. The van der Waals surface area contributed by atoms with Crippen LogP contribution in [0, 0.1) is 0 Å². The predicted molar refractivity (Wildman–Crippen MR) is 146 cm³/mol. The van der Waals surface area contributed by atoms with E-state index in [4.69, 9.17) is 11.6 Å². The van der Waals surface area contributed by atoms with Crippen molar-refractivity contribution in [1.29, 1.82) is 0 Å². The summed E-state index contributed by atoms with van der Waals surface area (Å²) in [6.45, 7) is 0. The van der Waals surface area contributed by atoms with Crippen LogP contribution in [0.25, 0.3) is 23.1 Å². The molecule has 0 saturated heterocycles. The van der Waals surface area contributed by atoms with Crippen LogP contribution in [0.5, 0.6) is 0 Å². The van der Waals surface area contributed by atoms with Gasteiger partial charge >= 0.3 is 35.5 Å². The zero-order valence-corrected chi connectivity index (χ0v) is 24.5. The fourth-order valence-electron chi connectivity index (χ4n) is 3.25. The van der Waals surface area contributed by atoms with Crippen LogP contribution in [0.3, 0.4) is 0 Å². The molecule has 1 unspecified atom stereocenters. The molecule has 1 amide bonds. The first-order valence-electron chi connectivity index (χ1n) is 10.8. The van der Waals surface area contributed by atoms with Gasteiger partial charge in [-0.3, -0.25) is 9.59 Å². The Labute approximate surface area is 243 Å². The normalized spacial score (nSPS) is 11.9. The van der Waals surface area contributed by atoms with E-state index in [9.17, 15) is 14.7 Å². The number of aliphatic carboxylic acids is 1. The third-order valence-electron chi connectivity index (χ3n) is 5.08. The van der Waals surface area contributed by atoms with Gasteiger partial charge in [0.2, 0.25) is 5.91 Å². The largest absolute Gasteiger partial charge is 1.00 e. The molecule has 1 N–H and O–H groups in total. The van der Waals surface area contributed by atoms with E-state index in [2.05, 4.69) is 4.98 Å². The number of amides is 1. The third kappa shape index (κ3) is 9.83. The first kappa shape index (κ1) is 29.7. The number of carboxylic acids is 1. The van der Waals surface area contributed by atoms with E-state index in [1.54, 1.807) is 42.5 Å². The molecule has 9 heteroatoms. The van der Waals surface area contributed by atoms with Crippen LogP contribution in [-0.2, 0) is 9.59 Å². The molecule has 5 nitrogen and oxygen atoms in total. The zero-order chi connectivity index (χ0) is 24.5. The molecule has 3 aromatic rings. The van der Waals surface area contributed by atoms with Crippen molar-refractivity contribution in [3.05, 3.63) is 76.4 Å². The van der Waals surface area contributed by atoms with Crippen LogP contribution in [0.15, 0.2) is 54.6 Å². The Bertz CT molecular complexity index is 1200. The molecule has 0 aliphatic carbocycles. The van der Waals surface area contributed by atoms with E-state index in [0.717, 1.165) is 38.6 Å². The number of benzene rings is 2. The summed E-state index contributed by atoms with van der Waals surface area (Å²) in [5.74, 6) is -0.00960. The molecule has 0 aliphatic heterocycles. The fraction of sp³-hybridized carbons (Fsp3) is 0.269. The Kier molecular flexibility index (Phi) is 12.7. The molecular weight excluding hydrogens is 511 g/mol. The SMILES string of the molecule is CN(C)C(=O)CCSCSC(CC(=O)O)c1cccc(C=Cc2ccc3ccc(Cl)cc3n2)c1.[H-].[Na+]. The number of aromatic nitrogens is 1. The van der Waals surface area contributed by atoms with Gasteiger partial charge in [0.05, 0.1) is 17.6 Å². The minimum atomic E-state index is -0.828. The summed E-state index contributed by atoms with van der Waals surface area (Å²) in [6.07, 6.45) is 4.45. The van der Waals surface area contributed by atoms with Crippen molar-refractivity contribution in [1.82, 2.24) is 9.88 Å². The maximum atomic E-state index is 11.7. The number of fused-ring (bicyclic) bond motifs is 1. The van der Waals surface area contributed by atoms with Crippen molar-refractivity contribution in [3.8, 4) is 0 Å². The van der Waals surface area contributed by atoms with E-state index < -0.39 is 5.97 Å². The van der Waals surface area contributed by atoms with Gasteiger partial charge in [-0.1, -0.05) is 54.1 Å². The number of pyridine rings is 1. The van der Waals surface area contributed by atoms with E-state index in [1.807, 2.05) is 66.7 Å². The second-order valence-corrected chi connectivity index (χ2v) is 11.0. The van der Waals surface area contributed by atoms with Crippen molar-refractivity contribution < 1.29 is 45.7 Å². The average Bonchev–Trinajstić information content (AvgIpc) is 2.81. The van der Waals surface area contributed by atoms with E-state index >= 15 is 0 Å². The summed E-state index contributed by atoms with van der Waals surface area (Å²) in [4.78, 5) is 29.4. The van der Waals surface area contributed by atoms with Gasteiger partial charge in [0.15, 0.2) is 0 Å². The Morgan fingerprint density at radius 3 is 2.66 bits per heavy atom. The number of carboxylic acid groups (broad SMARTS) is 1. The number of rotatable bonds is 11. The van der Waals surface area contributed by atoms with Crippen LogP contribution in [0.1, 0.15) is 36.3 Å². The number of thioether (sulfide) groups is 2. The monoisotopic (exact) mass is 538 g/mol. The smallest absolute Gasteiger partial charge is 1.00 e. The molecule has 2 aromatic carbocycles. The Balaban J connectivity index is 0.00000324. The van der Waals surface area contributed by atoms with Gasteiger partial charge in [0.1, 0.15) is 0 Å². The molecule has 1 aromatic heterocycles. The van der Waals surface area contributed by atoms with E-state index in [-0.39, 0.29) is 48.6 Å². The number of nitrogens with zero attached hydrogens (tertiary/aromatic N) is 2. The predicted octanol–water partition coefficient (Wildman–Crippen LogP) is 3.59. The molecule has 0 radical (unpaired) electrons. The van der Waals surface area contributed by atoms with Crippen molar-refractivity contribution >= 4 is 70.1 Å². The zero-order valence-electron chi connectivity index (χ0n) is 21.1. The number of hydrogen-bond donors (Lipinski definition) is 1. The van der Waals surface area contributed by atoms with Crippen molar-refractivity contribution in [3.63, 3.8) is 0 Å². The maximum absolute atomic E-state index is 11.7. The first-order valence-corrected chi connectivity index (χ1v) is 13.4. The summed E-state index contributed by atoms with van der Waals surface area (Å²) in [6, 6.07) is 17.5. The van der Waals surface area contributed by atoms with Gasteiger partial charge < -0.3 is 11.4 Å². The van der Waals surface area contributed by atoms with Gasteiger partial charge in [-0.2, -0.15) is 11.8 Å². The van der Waals surface area contributed by atoms with E-state index in [1.165, 1.54) is 0 Å². The summed E-state index contributed by atoms with van der Waals surface area (Å²) in [7, 11) is 3.50. The molecule has 0 saturated carbocycles.